The maximum atomic E-state index is 13.6. The van der Waals surface area contributed by atoms with Gasteiger partial charge in [-0.25, -0.2) is 8.78 Å². The van der Waals surface area contributed by atoms with Crippen LogP contribution in [0, 0.1) is 23.0 Å². The summed E-state index contributed by atoms with van der Waals surface area (Å²) in [6, 6.07) is 10.0. The molecule has 0 aromatic heterocycles. The number of benzene rings is 2. The molecule has 0 aliphatic heterocycles. The fraction of sp³-hybridized carbons (Fsp3) is 0.125. The molecule has 0 saturated heterocycles. The van der Waals surface area contributed by atoms with Crippen molar-refractivity contribution < 1.29 is 18.3 Å². The smallest absolute Gasteiger partial charge is 0.255 e. The maximum Gasteiger partial charge on any atom is 0.255 e. The van der Waals surface area contributed by atoms with Gasteiger partial charge in [-0.1, -0.05) is 18.2 Å². The van der Waals surface area contributed by atoms with E-state index in [4.69, 9.17) is 4.74 Å². The first kappa shape index (κ1) is 15.4. The molecule has 112 valence electrons. The normalized spacial score (nSPS) is 11.4. The van der Waals surface area contributed by atoms with Crippen molar-refractivity contribution in [2.24, 2.45) is 0 Å². The van der Waals surface area contributed by atoms with Crippen LogP contribution in [-0.2, 0) is 0 Å². The van der Waals surface area contributed by atoms with Gasteiger partial charge in [0.25, 0.3) is 5.91 Å². The van der Waals surface area contributed by atoms with Gasteiger partial charge in [0.05, 0.1) is 18.7 Å². The van der Waals surface area contributed by atoms with Crippen LogP contribution in [0.4, 0.5) is 8.78 Å². The zero-order chi connectivity index (χ0) is 16.1. The Kier molecular flexibility index (Phi) is 4.69. The summed E-state index contributed by atoms with van der Waals surface area (Å²) in [7, 11) is 1.43. The van der Waals surface area contributed by atoms with E-state index in [9.17, 15) is 18.8 Å². The first-order chi connectivity index (χ1) is 10.6. The van der Waals surface area contributed by atoms with E-state index in [-0.39, 0.29) is 0 Å². The number of nitrogens with one attached hydrogen (secondary N) is 1. The van der Waals surface area contributed by atoms with Crippen LogP contribution < -0.4 is 10.1 Å². The predicted molar refractivity (Wildman–Crippen MR) is 75.2 cm³/mol. The van der Waals surface area contributed by atoms with Gasteiger partial charge in [-0.2, -0.15) is 5.26 Å². The van der Waals surface area contributed by atoms with E-state index >= 15 is 0 Å². The molecule has 0 fully saturated rings. The Bertz CT molecular complexity index is 741. The molecule has 0 aliphatic rings. The molecule has 1 unspecified atom stereocenters. The van der Waals surface area contributed by atoms with Crippen molar-refractivity contribution in [2.45, 2.75) is 6.04 Å². The lowest BCUT2D eigenvalue weighted by Gasteiger charge is -2.15. The SMILES string of the molecule is COc1ccccc1C(C#N)NC(=O)c1cc(F)ccc1F. The second-order valence-electron chi connectivity index (χ2n) is 4.40. The average molecular weight is 302 g/mol. The molecule has 0 radical (unpaired) electrons. The van der Waals surface area contributed by atoms with E-state index in [0.29, 0.717) is 11.3 Å². The summed E-state index contributed by atoms with van der Waals surface area (Å²) >= 11 is 0. The second kappa shape index (κ2) is 6.68. The topological polar surface area (TPSA) is 62.1 Å². The third-order valence-electron chi connectivity index (χ3n) is 3.03. The molecule has 1 N–H and O–H groups in total. The lowest BCUT2D eigenvalue weighted by Crippen LogP contribution is -2.28. The number of methoxy groups -OCH3 is 1. The minimum atomic E-state index is -1.05. The van der Waals surface area contributed by atoms with Crippen molar-refractivity contribution >= 4 is 5.91 Å². The molecule has 0 aliphatic carbocycles. The lowest BCUT2D eigenvalue weighted by molar-refractivity contribution is 0.0940. The number of nitrogens with zero attached hydrogens (tertiary/aromatic N) is 1. The van der Waals surface area contributed by atoms with Crippen LogP contribution in [0.3, 0.4) is 0 Å². The van der Waals surface area contributed by atoms with E-state index in [0.717, 1.165) is 18.2 Å². The van der Waals surface area contributed by atoms with E-state index in [1.807, 2.05) is 6.07 Å². The lowest BCUT2D eigenvalue weighted by atomic mass is 10.1. The Morgan fingerprint density at radius 1 is 1.27 bits per heavy atom. The molecule has 2 rings (SSSR count). The van der Waals surface area contributed by atoms with E-state index in [1.165, 1.54) is 7.11 Å². The standard InChI is InChI=1S/C16H12F2N2O2/c1-22-15-5-3-2-4-11(15)14(9-19)20-16(21)12-8-10(17)6-7-13(12)18/h2-8,14H,1H3,(H,20,21). The number of hydrogen-bond acceptors (Lipinski definition) is 3. The summed E-state index contributed by atoms with van der Waals surface area (Å²) in [6.45, 7) is 0. The first-order valence-electron chi connectivity index (χ1n) is 6.35. The van der Waals surface area contributed by atoms with Gasteiger partial charge in [0.15, 0.2) is 0 Å². The van der Waals surface area contributed by atoms with E-state index < -0.39 is 29.1 Å². The minimum Gasteiger partial charge on any atom is -0.496 e. The number of amides is 1. The first-order valence-corrected chi connectivity index (χ1v) is 6.35. The summed E-state index contributed by atoms with van der Waals surface area (Å²) in [6.07, 6.45) is 0. The van der Waals surface area contributed by atoms with Crippen LogP contribution in [0.15, 0.2) is 42.5 Å². The molecule has 6 heteroatoms. The molecular weight excluding hydrogens is 290 g/mol. The number of halogens is 2. The zero-order valence-electron chi connectivity index (χ0n) is 11.6. The molecule has 1 amide bonds. The van der Waals surface area contributed by atoms with Gasteiger partial charge in [0, 0.05) is 5.56 Å². The van der Waals surface area contributed by atoms with Crippen LogP contribution >= 0.6 is 0 Å². The molecule has 2 aromatic rings. The Balaban J connectivity index is 2.29. The molecular formula is C16H12F2N2O2. The quantitative estimate of drug-likeness (QED) is 0.944. The van der Waals surface area contributed by atoms with Crippen molar-refractivity contribution in [1.82, 2.24) is 5.32 Å². The Morgan fingerprint density at radius 3 is 2.68 bits per heavy atom. The number of para-hydroxylation sites is 1. The van der Waals surface area contributed by atoms with E-state index in [1.54, 1.807) is 24.3 Å². The van der Waals surface area contributed by atoms with Crippen molar-refractivity contribution in [1.29, 1.82) is 5.26 Å². The number of rotatable bonds is 4. The van der Waals surface area contributed by atoms with Crippen molar-refractivity contribution in [3.05, 3.63) is 65.2 Å². The molecule has 1 atom stereocenters. The van der Waals surface area contributed by atoms with Crippen LogP contribution in [0.25, 0.3) is 0 Å². The summed E-state index contributed by atoms with van der Waals surface area (Å²) in [5.41, 5.74) is -0.0344. The van der Waals surface area contributed by atoms with Gasteiger partial charge >= 0.3 is 0 Å². The minimum absolute atomic E-state index is 0.411. The van der Waals surface area contributed by atoms with Crippen molar-refractivity contribution in [3.8, 4) is 11.8 Å². The average Bonchev–Trinajstić information content (AvgIpc) is 2.54. The van der Waals surface area contributed by atoms with Gasteiger partial charge in [-0.05, 0) is 24.3 Å². The van der Waals surface area contributed by atoms with Crippen LogP contribution in [0.1, 0.15) is 22.0 Å². The molecule has 0 saturated carbocycles. The van der Waals surface area contributed by atoms with Crippen molar-refractivity contribution in [2.75, 3.05) is 7.11 Å². The van der Waals surface area contributed by atoms with Crippen LogP contribution in [-0.4, -0.2) is 13.0 Å². The van der Waals surface area contributed by atoms with Gasteiger partial charge < -0.3 is 10.1 Å². The molecule has 0 heterocycles. The van der Waals surface area contributed by atoms with Gasteiger partial charge in [-0.15, -0.1) is 0 Å². The number of nitriles is 1. The summed E-state index contributed by atoms with van der Waals surface area (Å²) in [5.74, 6) is -2.07. The van der Waals surface area contributed by atoms with Gasteiger partial charge in [0.2, 0.25) is 0 Å². The number of carbonyl (C=O) groups is 1. The number of hydrogen-bond donors (Lipinski definition) is 1. The Morgan fingerprint density at radius 2 is 2.00 bits per heavy atom. The monoisotopic (exact) mass is 302 g/mol. The van der Waals surface area contributed by atoms with Gasteiger partial charge in [-0.3, -0.25) is 4.79 Å². The molecule has 22 heavy (non-hydrogen) atoms. The van der Waals surface area contributed by atoms with E-state index in [2.05, 4.69) is 5.32 Å². The zero-order valence-corrected chi connectivity index (χ0v) is 11.6. The fourth-order valence-electron chi connectivity index (χ4n) is 1.96. The Labute approximate surface area is 125 Å². The number of carbonyl (C=O) groups excluding carboxylic acids is 1. The highest BCUT2D eigenvalue weighted by Crippen LogP contribution is 2.24. The number of ether oxygens (including phenoxy) is 1. The van der Waals surface area contributed by atoms with Crippen LogP contribution in [0.2, 0.25) is 0 Å². The highest BCUT2D eigenvalue weighted by atomic mass is 19.1. The maximum absolute atomic E-state index is 13.6. The molecule has 0 spiro atoms. The molecule has 2 aromatic carbocycles. The predicted octanol–water partition coefficient (Wildman–Crippen LogP) is 2.97. The third kappa shape index (κ3) is 3.20. The summed E-state index contributed by atoms with van der Waals surface area (Å²) in [5, 5.41) is 11.6. The Hall–Kier alpha value is -2.94. The highest BCUT2D eigenvalue weighted by molar-refractivity contribution is 5.95. The second-order valence-corrected chi connectivity index (χ2v) is 4.40. The van der Waals surface area contributed by atoms with Crippen LogP contribution in [0.5, 0.6) is 5.75 Å². The third-order valence-corrected chi connectivity index (χ3v) is 3.03. The van der Waals surface area contributed by atoms with Gasteiger partial charge in [0.1, 0.15) is 23.4 Å². The van der Waals surface area contributed by atoms with Crippen molar-refractivity contribution in [3.63, 3.8) is 0 Å². The highest BCUT2D eigenvalue weighted by Gasteiger charge is 2.20. The molecule has 4 nitrogen and oxygen atoms in total. The summed E-state index contributed by atoms with van der Waals surface area (Å²) in [4.78, 5) is 12.1. The summed E-state index contributed by atoms with van der Waals surface area (Å²) < 4.78 is 31.8. The molecule has 0 bridgehead atoms. The fourth-order valence-corrected chi connectivity index (χ4v) is 1.96. The largest absolute Gasteiger partial charge is 0.496 e.